The molecule has 0 spiro atoms. The Kier molecular flexibility index (Phi) is 4.95. The summed E-state index contributed by atoms with van der Waals surface area (Å²) in [6, 6.07) is 3.67. The Labute approximate surface area is 121 Å². The van der Waals surface area contributed by atoms with E-state index in [1.807, 2.05) is 24.1 Å². The maximum atomic E-state index is 12.4. The number of piperazine rings is 1. The molecule has 2 heterocycles. The molecule has 1 aromatic rings. The number of carbonyl (C=O) groups is 1. The molecule has 1 fully saturated rings. The molecule has 2 rings (SSSR count). The van der Waals surface area contributed by atoms with Crippen LogP contribution in [-0.2, 0) is 0 Å². The highest BCUT2D eigenvalue weighted by molar-refractivity contribution is 5.93. The van der Waals surface area contributed by atoms with Gasteiger partial charge in [-0.3, -0.25) is 14.7 Å². The molecular weight excluding hydrogens is 252 g/mol. The first-order valence-electron chi connectivity index (χ1n) is 7.25. The Morgan fingerprint density at radius 3 is 2.65 bits per heavy atom. The van der Waals surface area contributed by atoms with Crippen LogP contribution in [0.5, 0.6) is 0 Å². The van der Waals surface area contributed by atoms with Gasteiger partial charge in [0.15, 0.2) is 0 Å². The van der Waals surface area contributed by atoms with Gasteiger partial charge in [-0.2, -0.15) is 0 Å². The summed E-state index contributed by atoms with van der Waals surface area (Å²) in [6.45, 7) is 9.05. The normalized spacial score (nSPS) is 16.5. The number of hydrogen-bond acceptors (Lipinski definition) is 4. The Hall–Kier alpha value is -1.62. The van der Waals surface area contributed by atoms with E-state index in [2.05, 4.69) is 29.0 Å². The first-order chi connectivity index (χ1) is 9.60. The zero-order chi connectivity index (χ0) is 14.5. The van der Waals surface area contributed by atoms with Gasteiger partial charge in [0.25, 0.3) is 5.91 Å². The Morgan fingerprint density at radius 1 is 1.35 bits per heavy atom. The Balaban J connectivity index is 1.94. The van der Waals surface area contributed by atoms with Crippen LogP contribution < -0.4 is 5.32 Å². The molecule has 0 radical (unpaired) electrons. The van der Waals surface area contributed by atoms with Crippen LogP contribution in [0.4, 0.5) is 5.69 Å². The van der Waals surface area contributed by atoms with Gasteiger partial charge in [0.2, 0.25) is 0 Å². The summed E-state index contributed by atoms with van der Waals surface area (Å²) < 4.78 is 0. The highest BCUT2D eigenvalue weighted by Gasteiger charge is 2.23. The van der Waals surface area contributed by atoms with Crippen LogP contribution in [0.25, 0.3) is 0 Å². The Bertz CT molecular complexity index is 453. The van der Waals surface area contributed by atoms with E-state index in [1.54, 1.807) is 6.20 Å². The van der Waals surface area contributed by atoms with Crippen molar-refractivity contribution in [3.8, 4) is 0 Å². The molecule has 1 aliphatic rings. The van der Waals surface area contributed by atoms with Crippen molar-refractivity contribution in [1.82, 2.24) is 14.8 Å². The fourth-order valence-electron chi connectivity index (χ4n) is 2.51. The first kappa shape index (κ1) is 14.8. The van der Waals surface area contributed by atoms with Gasteiger partial charge in [-0.25, -0.2) is 0 Å². The number of pyridine rings is 1. The lowest BCUT2D eigenvalue weighted by molar-refractivity contribution is 0.0618. The molecule has 20 heavy (non-hydrogen) atoms. The number of carbonyl (C=O) groups excluding carboxylic acids is 1. The van der Waals surface area contributed by atoms with Gasteiger partial charge in [0.05, 0.1) is 0 Å². The van der Waals surface area contributed by atoms with Crippen molar-refractivity contribution >= 4 is 11.6 Å². The van der Waals surface area contributed by atoms with Crippen molar-refractivity contribution in [2.45, 2.75) is 13.8 Å². The summed E-state index contributed by atoms with van der Waals surface area (Å²) >= 11 is 0. The van der Waals surface area contributed by atoms with Crippen LogP contribution in [0.1, 0.15) is 24.3 Å². The maximum Gasteiger partial charge on any atom is 0.272 e. The fraction of sp³-hybridized carbons (Fsp3) is 0.600. The molecule has 1 aromatic heterocycles. The molecule has 5 heteroatoms. The van der Waals surface area contributed by atoms with E-state index in [1.165, 1.54) is 0 Å². The average Bonchev–Trinajstić information content (AvgIpc) is 2.47. The topological polar surface area (TPSA) is 48.5 Å². The van der Waals surface area contributed by atoms with Gasteiger partial charge in [0.1, 0.15) is 5.69 Å². The van der Waals surface area contributed by atoms with Gasteiger partial charge < -0.3 is 10.2 Å². The highest BCUT2D eigenvalue weighted by Crippen LogP contribution is 2.12. The molecule has 1 aliphatic heterocycles. The fourth-order valence-corrected chi connectivity index (χ4v) is 2.51. The molecule has 0 aliphatic carbocycles. The van der Waals surface area contributed by atoms with Crippen molar-refractivity contribution in [2.75, 3.05) is 45.1 Å². The van der Waals surface area contributed by atoms with Gasteiger partial charge in [-0.05, 0) is 18.1 Å². The average molecular weight is 276 g/mol. The van der Waals surface area contributed by atoms with Crippen LogP contribution in [-0.4, -0.2) is 60.5 Å². The minimum atomic E-state index is 0.0336. The van der Waals surface area contributed by atoms with Crippen molar-refractivity contribution in [3.63, 3.8) is 0 Å². The number of nitrogens with zero attached hydrogens (tertiary/aromatic N) is 3. The predicted octanol–water partition coefficient (Wildman–Crippen LogP) is 1.54. The van der Waals surface area contributed by atoms with Crippen LogP contribution in [0, 0.1) is 5.92 Å². The molecule has 1 N–H and O–H groups in total. The van der Waals surface area contributed by atoms with E-state index in [-0.39, 0.29) is 5.91 Å². The van der Waals surface area contributed by atoms with Crippen LogP contribution >= 0.6 is 0 Å². The zero-order valence-corrected chi connectivity index (χ0v) is 12.6. The smallest absolute Gasteiger partial charge is 0.272 e. The molecule has 0 saturated carbocycles. The van der Waals surface area contributed by atoms with E-state index in [0.29, 0.717) is 11.6 Å². The first-order valence-corrected chi connectivity index (χ1v) is 7.25. The molecule has 5 nitrogen and oxygen atoms in total. The summed E-state index contributed by atoms with van der Waals surface area (Å²) in [5.74, 6) is 0.706. The molecule has 1 amide bonds. The molecule has 0 unspecified atom stereocenters. The molecule has 110 valence electrons. The third-order valence-electron chi connectivity index (χ3n) is 3.55. The number of hydrogen-bond donors (Lipinski definition) is 1. The van der Waals surface area contributed by atoms with Crippen molar-refractivity contribution < 1.29 is 4.79 Å². The van der Waals surface area contributed by atoms with Gasteiger partial charge in [0, 0.05) is 51.7 Å². The molecular formula is C15H24N4O. The highest BCUT2D eigenvalue weighted by atomic mass is 16.2. The second-order valence-corrected chi connectivity index (χ2v) is 5.67. The van der Waals surface area contributed by atoms with Crippen molar-refractivity contribution in [3.05, 3.63) is 24.0 Å². The number of aromatic nitrogens is 1. The SMILES string of the molecule is CNc1ccnc(C(=O)N2CCN(CC(C)C)CC2)c1. The lowest BCUT2D eigenvalue weighted by Crippen LogP contribution is -2.49. The Morgan fingerprint density at radius 2 is 2.05 bits per heavy atom. The lowest BCUT2D eigenvalue weighted by atomic mass is 10.2. The van der Waals surface area contributed by atoms with Crippen molar-refractivity contribution in [1.29, 1.82) is 0 Å². The number of nitrogens with one attached hydrogen (secondary N) is 1. The summed E-state index contributed by atoms with van der Waals surface area (Å²) in [5.41, 5.74) is 1.44. The number of anilines is 1. The molecule has 0 atom stereocenters. The maximum absolute atomic E-state index is 12.4. The zero-order valence-electron chi connectivity index (χ0n) is 12.6. The standard InChI is InChI=1S/C15H24N4O/c1-12(2)11-18-6-8-19(9-7-18)15(20)14-10-13(16-3)4-5-17-14/h4-5,10,12H,6-9,11H2,1-3H3,(H,16,17). The second-order valence-electron chi connectivity index (χ2n) is 5.67. The minimum Gasteiger partial charge on any atom is -0.388 e. The van der Waals surface area contributed by atoms with Crippen LogP contribution in [0.2, 0.25) is 0 Å². The van der Waals surface area contributed by atoms with E-state index in [4.69, 9.17) is 0 Å². The quantitative estimate of drug-likeness (QED) is 0.906. The third kappa shape index (κ3) is 3.70. The summed E-state index contributed by atoms with van der Waals surface area (Å²) in [6.07, 6.45) is 1.67. The summed E-state index contributed by atoms with van der Waals surface area (Å²) in [4.78, 5) is 20.9. The molecule has 1 saturated heterocycles. The van der Waals surface area contributed by atoms with Crippen LogP contribution in [0.15, 0.2) is 18.3 Å². The monoisotopic (exact) mass is 276 g/mol. The number of amides is 1. The predicted molar refractivity (Wildman–Crippen MR) is 81.0 cm³/mol. The molecule has 0 aromatic carbocycles. The van der Waals surface area contributed by atoms with E-state index in [9.17, 15) is 4.79 Å². The van der Waals surface area contributed by atoms with E-state index < -0.39 is 0 Å². The minimum absolute atomic E-state index is 0.0336. The van der Waals surface area contributed by atoms with Gasteiger partial charge >= 0.3 is 0 Å². The molecule has 0 bridgehead atoms. The second kappa shape index (κ2) is 6.70. The van der Waals surface area contributed by atoms with E-state index >= 15 is 0 Å². The summed E-state index contributed by atoms with van der Waals surface area (Å²) in [7, 11) is 1.84. The van der Waals surface area contributed by atoms with Crippen molar-refractivity contribution in [2.24, 2.45) is 5.92 Å². The lowest BCUT2D eigenvalue weighted by Gasteiger charge is -2.35. The van der Waals surface area contributed by atoms with Gasteiger partial charge in [-0.15, -0.1) is 0 Å². The summed E-state index contributed by atoms with van der Waals surface area (Å²) in [5, 5.41) is 3.03. The van der Waals surface area contributed by atoms with Crippen LogP contribution in [0.3, 0.4) is 0 Å². The number of rotatable bonds is 4. The van der Waals surface area contributed by atoms with Gasteiger partial charge in [-0.1, -0.05) is 13.8 Å². The largest absolute Gasteiger partial charge is 0.388 e. The van der Waals surface area contributed by atoms with E-state index in [0.717, 1.165) is 38.4 Å². The third-order valence-corrected chi connectivity index (χ3v) is 3.55.